The van der Waals surface area contributed by atoms with Gasteiger partial charge in [0.1, 0.15) is 18.5 Å². The number of piperidine rings is 3. The number of halogens is 3. The van der Waals surface area contributed by atoms with E-state index in [-0.39, 0.29) is 18.3 Å². The molecule has 3 fully saturated rings. The molecule has 3 aliphatic heterocycles. The molecule has 0 radical (unpaired) electrons. The Morgan fingerprint density at radius 2 is 1.76 bits per heavy atom. The summed E-state index contributed by atoms with van der Waals surface area (Å²) in [5, 5.41) is 4.14. The number of alkyl halides is 3. The molecule has 0 amide bonds. The lowest BCUT2D eigenvalue weighted by atomic mass is 9.86. The Balaban J connectivity index is 1.41. The first-order valence-electron chi connectivity index (χ1n) is 9.79. The van der Waals surface area contributed by atoms with Crippen LogP contribution in [0.25, 0.3) is 0 Å². The standard InChI is InChI=1S/C22H23F3N2O2/c23-22(24,25)19-7-3-1-6-18(19)15-28-20-8-4-2-5-17(20)13-26-29-21-14-27-11-9-16(21)10-12-27/h1-8,13,16,21H,9-12,14-15H2/b26-13+. The predicted molar refractivity (Wildman–Crippen MR) is 104 cm³/mol. The first-order valence-corrected chi connectivity index (χ1v) is 9.79. The van der Waals surface area contributed by atoms with Crippen LogP contribution in [-0.4, -0.2) is 36.9 Å². The van der Waals surface area contributed by atoms with Gasteiger partial charge in [-0.3, -0.25) is 4.90 Å². The fourth-order valence-electron chi connectivity index (χ4n) is 3.99. The summed E-state index contributed by atoms with van der Waals surface area (Å²) in [6.45, 7) is 2.98. The van der Waals surface area contributed by atoms with E-state index >= 15 is 0 Å². The Morgan fingerprint density at radius 3 is 2.48 bits per heavy atom. The summed E-state index contributed by atoms with van der Waals surface area (Å²) >= 11 is 0. The topological polar surface area (TPSA) is 34.1 Å². The highest BCUT2D eigenvalue weighted by Gasteiger charge is 2.35. The van der Waals surface area contributed by atoms with Gasteiger partial charge < -0.3 is 9.57 Å². The number of oxime groups is 1. The highest BCUT2D eigenvalue weighted by atomic mass is 19.4. The van der Waals surface area contributed by atoms with Crippen LogP contribution in [0.2, 0.25) is 0 Å². The van der Waals surface area contributed by atoms with Crippen molar-refractivity contribution in [1.29, 1.82) is 0 Å². The lowest BCUT2D eigenvalue weighted by molar-refractivity contribution is -0.138. The average Bonchev–Trinajstić information content (AvgIpc) is 2.73. The molecule has 1 unspecified atom stereocenters. The van der Waals surface area contributed by atoms with Crippen molar-refractivity contribution in [3.8, 4) is 5.75 Å². The molecule has 0 N–H and O–H groups in total. The summed E-state index contributed by atoms with van der Waals surface area (Å²) < 4.78 is 45.2. The Bertz CT molecular complexity index is 861. The SMILES string of the molecule is FC(F)(F)c1ccccc1COc1ccccc1/C=N/OC1CN2CCC1CC2. The highest BCUT2D eigenvalue weighted by Crippen LogP contribution is 2.33. The van der Waals surface area contributed by atoms with E-state index in [9.17, 15) is 13.2 Å². The average molecular weight is 404 g/mol. The third-order valence-corrected chi connectivity index (χ3v) is 5.61. The van der Waals surface area contributed by atoms with E-state index in [0.717, 1.165) is 38.5 Å². The quantitative estimate of drug-likeness (QED) is 0.516. The minimum atomic E-state index is -4.41. The number of hydrogen-bond donors (Lipinski definition) is 0. The van der Waals surface area contributed by atoms with E-state index in [1.54, 1.807) is 30.5 Å². The number of ether oxygens (including phenoxy) is 1. The molecule has 3 heterocycles. The van der Waals surface area contributed by atoms with Crippen molar-refractivity contribution in [2.45, 2.75) is 31.7 Å². The molecule has 3 aliphatic rings. The van der Waals surface area contributed by atoms with Gasteiger partial charge in [-0.25, -0.2) is 0 Å². The molecule has 29 heavy (non-hydrogen) atoms. The second-order valence-corrected chi connectivity index (χ2v) is 7.50. The summed E-state index contributed by atoms with van der Waals surface area (Å²) in [5.74, 6) is 1.01. The van der Waals surface area contributed by atoms with Crippen LogP contribution in [-0.2, 0) is 17.6 Å². The van der Waals surface area contributed by atoms with Gasteiger partial charge in [0.2, 0.25) is 0 Å². The van der Waals surface area contributed by atoms with Gasteiger partial charge in [-0.15, -0.1) is 0 Å². The Kier molecular flexibility index (Phi) is 5.76. The number of rotatable bonds is 6. The van der Waals surface area contributed by atoms with Crippen LogP contribution in [0, 0.1) is 5.92 Å². The van der Waals surface area contributed by atoms with E-state index in [1.807, 2.05) is 6.07 Å². The molecular weight excluding hydrogens is 381 g/mol. The number of nitrogens with zero attached hydrogens (tertiary/aromatic N) is 2. The van der Waals surface area contributed by atoms with E-state index < -0.39 is 11.7 Å². The molecule has 5 rings (SSSR count). The lowest BCUT2D eigenvalue weighted by Gasteiger charge is -2.42. The van der Waals surface area contributed by atoms with Crippen molar-refractivity contribution in [2.24, 2.45) is 11.1 Å². The predicted octanol–water partition coefficient (Wildman–Crippen LogP) is 4.73. The number of hydrogen-bond acceptors (Lipinski definition) is 4. The van der Waals surface area contributed by atoms with Crippen molar-refractivity contribution in [1.82, 2.24) is 4.90 Å². The smallest absolute Gasteiger partial charge is 0.416 e. The van der Waals surface area contributed by atoms with Crippen molar-refractivity contribution in [3.05, 3.63) is 65.2 Å². The Morgan fingerprint density at radius 1 is 1.03 bits per heavy atom. The van der Waals surface area contributed by atoms with Crippen molar-refractivity contribution in [2.75, 3.05) is 19.6 Å². The number of para-hydroxylation sites is 1. The maximum atomic E-state index is 13.2. The molecule has 4 nitrogen and oxygen atoms in total. The number of benzene rings is 2. The van der Waals surface area contributed by atoms with E-state index in [1.165, 1.54) is 12.1 Å². The fourth-order valence-corrected chi connectivity index (χ4v) is 3.99. The second-order valence-electron chi connectivity index (χ2n) is 7.50. The normalized spacial score (nSPS) is 24.0. The molecule has 154 valence electrons. The maximum Gasteiger partial charge on any atom is 0.416 e. The van der Waals surface area contributed by atoms with E-state index in [0.29, 0.717) is 17.2 Å². The summed E-state index contributed by atoms with van der Waals surface area (Å²) in [6, 6.07) is 12.6. The van der Waals surface area contributed by atoms with E-state index in [4.69, 9.17) is 9.57 Å². The molecule has 7 heteroatoms. The highest BCUT2D eigenvalue weighted by molar-refractivity contribution is 5.83. The Hall–Kier alpha value is -2.54. The van der Waals surface area contributed by atoms with Crippen molar-refractivity contribution >= 4 is 6.21 Å². The molecule has 2 bridgehead atoms. The van der Waals surface area contributed by atoms with Crippen LogP contribution in [0.15, 0.2) is 53.7 Å². The van der Waals surface area contributed by atoms with Crippen molar-refractivity contribution < 1.29 is 22.7 Å². The van der Waals surface area contributed by atoms with Gasteiger partial charge in [0.05, 0.1) is 11.8 Å². The monoisotopic (exact) mass is 404 g/mol. The van der Waals surface area contributed by atoms with Crippen LogP contribution >= 0.6 is 0 Å². The fraction of sp³-hybridized carbons (Fsp3) is 0.409. The molecule has 2 aromatic rings. The second kappa shape index (κ2) is 8.45. The number of fused-ring (bicyclic) bond motifs is 3. The van der Waals surface area contributed by atoms with Gasteiger partial charge in [0.25, 0.3) is 0 Å². The van der Waals surface area contributed by atoms with E-state index in [2.05, 4.69) is 10.1 Å². The lowest BCUT2D eigenvalue weighted by Crippen LogP contribution is -2.50. The van der Waals surface area contributed by atoms with Gasteiger partial charge in [-0.1, -0.05) is 35.5 Å². The van der Waals surface area contributed by atoms with Gasteiger partial charge in [-0.05, 0) is 44.1 Å². The molecule has 0 saturated carbocycles. The first-order chi connectivity index (χ1) is 14.0. The zero-order chi connectivity index (χ0) is 20.3. The van der Waals surface area contributed by atoms with Crippen LogP contribution in [0.4, 0.5) is 13.2 Å². The third-order valence-electron chi connectivity index (χ3n) is 5.61. The molecule has 1 atom stereocenters. The van der Waals surface area contributed by atoms with Crippen LogP contribution in [0.3, 0.4) is 0 Å². The molecule has 0 aliphatic carbocycles. The summed E-state index contributed by atoms with van der Waals surface area (Å²) in [6.07, 6.45) is -0.468. The largest absolute Gasteiger partial charge is 0.488 e. The maximum absolute atomic E-state index is 13.2. The minimum Gasteiger partial charge on any atom is -0.488 e. The summed E-state index contributed by atoms with van der Waals surface area (Å²) in [7, 11) is 0. The van der Waals surface area contributed by atoms with Crippen LogP contribution < -0.4 is 4.74 Å². The molecule has 0 aromatic heterocycles. The van der Waals surface area contributed by atoms with Gasteiger partial charge in [0, 0.05) is 23.6 Å². The first kappa shape index (κ1) is 19.8. The molecular formula is C22H23F3N2O2. The van der Waals surface area contributed by atoms with Crippen molar-refractivity contribution in [3.63, 3.8) is 0 Å². The molecule has 3 saturated heterocycles. The summed E-state index contributed by atoms with van der Waals surface area (Å²) in [4.78, 5) is 8.11. The Labute approximate surface area is 167 Å². The summed E-state index contributed by atoms with van der Waals surface area (Å²) in [5.41, 5.74) is 0.0744. The van der Waals surface area contributed by atoms with Gasteiger partial charge in [-0.2, -0.15) is 13.2 Å². The molecule has 0 spiro atoms. The van der Waals surface area contributed by atoms with Gasteiger partial charge in [0.15, 0.2) is 0 Å². The minimum absolute atomic E-state index is 0.0928. The third kappa shape index (κ3) is 4.72. The zero-order valence-corrected chi connectivity index (χ0v) is 15.9. The molecule has 2 aromatic carbocycles. The van der Waals surface area contributed by atoms with Crippen LogP contribution in [0.5, 0.6) is 5.75 Å². The van der Waals surface area contributed by atoms with Gasteiger partial charge >= 0.3 is 6.18 Å². The van der Waals surface area contributed by atoms with Crippen LogP contribution in [0.1, 0.15) is 29.5 Å². The zero-order valence-electron chi connectivity index (χ0n) is 15.9.